The molecule has 1 aromatic heterocycles. The fraction of sp³-hybridized carbons (Fsp3) is 0.444. The van der Waals surface area contributed by atoms with E-state index in [0.717, 1.165) is 16.1 Å². The van der Waals surface area contributed by atoms with Crippen LogP contribution >= 0.6 is 11.3 Å². The first-order chi connectivity index (χ1) is 12.5. The van der Waals surface area contributed by atoms with Crippen molar-refractivity contribution >= 4 is 27.0 Å². The maximum absolute atomic E-state index is 12.8. The first kappa shape index (κ1) is 19.3. The van der Waals surface area contributed by atoms with Gasteiger partial charge in [-0.15, -0.1) is 11.3 Å². The summed E-state index contributed by atoms with van der Waals surface area (Å²) in [6.45, 7) is 1.94. The van der Waals surface area contributed by atoms with Gasteiger partial charge < -0.3 is 15.2 Å². The van der Waals surface area contributed by atoms with E-state index in [0.29, 0.717) is 39.1 Å². The molecule has 0 bridgehead atoms. The van der Waals surface area contributed by atoms with E-state index in [9.17, 15) is 13.5 Å². The molecular weight excluding hydrogens is 372 g/mol. The molecule has 0 atom stereocenters. The van der Waals surface area contributed by atoms with E-state index in [4.69, 9.17) is 4.74 Å². The van der Waals surface area contributed by atoms with Crippen molar-refractivity contribution in [3.63, 3.8) is 0 Å². The maximum atomic E-state index is 12.8. The molecule has 0 amide bonds. The fourth-order valence-corrected chi connectivity index (χ4v) is 5.28. The number of nitrogens with zero attached hydrogens (tertiary/aromatic N) is 1. The number of aliphatic hydroxyl groups excluding tert-OH is 1. The first-order valence-corrected chi connectivity index (χ1v) is 10.9. The summed E-state index contributed by atoms with van der Waals surface area (Å²) in [4.78, 5) is 1.44. The number of ether oxygens (including phenoxy) is 1. The molecular formula is C18H24N2O4S2. The van der Waals surface area contributed by atoms with Crippen LogP contribution in [0, 0.1) is 0 Å². The minimum Gasteiger partial charge on any atom is -0.393 e. The van der Waals surface area contributed by atoms with Crippen LogP contribution in [-0.2, 0) is 27.9 Å². The minimum absolute atomic E-state index is 0.283. The van der Waals surface area contributed by atoms with Crippen LogP contribution in [0.1, 0.15) is 23.3 Å². The molecule has 0 unspecified atom stereocenters. The van der Waals surface area contributed by atoms with Gasteiger partial charge in [0.1, 0.15) is 0 Å². The van der Waals surface area contributed by atoms with Crippen molar-refractivity contribution in [1.82, 2.24) is 4.31 Å². The molecule has 8 heteroatoms. The van der Waals surface area contributed by atoms with Gasteiger partial charge >= 0.3 is 0 Å². The lowest BCUT2D eigenvalue weighted by Gasteiger charge is -2.28. The largest absolute Gasteiger partial charge is 0.393 e. The van der Waals surface area contributed by atoms with Crippen molar-refractivity contribution in [1.29, 1.82) is 0 Å². The summed E-state index contributed by atoms with van der Waals surface area (Å²) in [6, 6.07) is 8.99. The molecule has 1 aliphatic heterocycles. The number of hydrogen-bond donors (Lipinski definition) is 2. The van der Waals surface area contributed by atoms with Gasteiger partial charge in [-0.05, 0) is 48.1 Å². The van der Waals surface area contributed by atoms with Gasteiger partial charge in [-0.25, -0.2) is 8.42 Å². The second kappa shape index (κ2) is 8.49. The summed E-state index contributed by atoms with van der Waals surface area (Å²) < 4.78 is 32.2. The Bertz CT molecular complexity index is 827. The lowest BCUT2D eigenvalue weighted by atomic mass is 10.1. The highest BCUT2D eigenvalue weighted by Gasteiger charge is 2.28. The highest BCUT2D eigenvalue weighted by atomic mass is 32.2. The number of sulfonamides is 1. The SMILES string of the molecule is COCc1csc(CNc2cccc(S(=O)(=O)N3CCC(O)CC3)c2)c1. The summed E-state index contributed by atoms with van der Waals surface area (Å²) in [5.41, 5.74) is 1.91. The zero-order valence-electron chi connectivity index (χ0n) is 14.7. The van der Waals surface area contributed by atoms with Crippen molar-refractivity contribution in [3.05, 3.63) is 46.2 Å². The first-order valence-electron chi connectivity index (χ1n) is 8.56. The normalized spacial score (nSPS) is 16.7. The lowest BCUT2D eigenvalue weighted by Crippen LogP contribution is -2.39. The average molecular weight is 397 g/mol. The van der Waals surface area contributed by atoms with E-state index >= 15 is 0 Å². The van der Waals surface area contributed by atoms with Crippen molar-refractivity contribution in [3.8, 4) is 0 Å². The summed E-state index contributed by atoms with van der Waals surface area (Å²) >= 11 is 1.65. The van der Waals surface area contributed by atoms with Crippen molar-refractivity contribution < 1.29 is 18.3 Å². The predicted molar refractivity (Wildman–Crippen MR) is 103 cm³/mol. The second-order valence-corrected chi connectivity index (χ2v) is 9.30. The third-order valence-corrected chi connectivity index (χ3v) is 7.26. The fourth-order valence-electron chi connectivity index (χ4n) is 2.95. The van der Waals surface area contributed by atoms with Crippen LogP contribution in [-0.4, -0.2) is 44.1 Å². The Kier molecular flexibility index (Phi) is 6.31. The highest BCUT2D eigenvalue weighted by molar-refractivity contribution is 7.89. The molecule has 1 fully saturated rings. The van der Waals surface area contributed by atoms with Gasteiger partial charge in [0, 0.05) is 37.3 Å². The molecule has 0 saturated carbocycles. The average Bonchev–Trinajstić information content (AvgIpc) is 3.08. The Balaban J connectivity index is 1.67. The van der Waals surface area contributed by atoms with Crippen molar-refractivity contribution in [2.75, 3.05) is 25.5 Å². The molecule has 1 aromatic carbocycles. The van der Waals surface area contributed by atoms with E-state index < -0.39 is 16.1 Å². The molecule has 0 spiro atoms. The monoisotopic (exact) mass is 396 g/mol. The number of piperidine rings is 1. The topological polar surface area (TPSA) is 78.9 Å². The van der Waals surface area contributed by atoms with Crippen LogP contribution in [0.4, 0.5) is 5.69 Å². The number of methoxy groups -OCH3 is 1. The van der Waals surface area contributed by atoms with Gasteiger partial charge in [0.05, 0.1) is 17.6 Å². The number of benzene rings is 1. The van der Waals surface area contributed by atoms with E-state index in [1.54, 1.807) is 36.6 Å². The molecule has 26 heavy (non-hydrogen) atoms. The number of hydrogen-bond acceptors (Lipinski definition) is 6. The van der Waals surface area contributed by atoms with Crippen LogP contribution < -0.4 is 5.32 Å². The molecule has 0 radical (unpaired) electrons. The predicted octanol–water partition coefficient (Wildman–Crippen LogP) is 2.65. The van der Waals surface area contributed by atoms with Crippen molar-refractivity contribution in [2.24, 2.45) is 0 Å². The third-order valence-electron chi connectivity index (χ3n) is 4.38. The summed E-state index contributed by atoms with van der Waals surface area (Å²) in [6.07, 6.45) is 0.571. The highest BCUT2D eigenvalue weighted by Crippen LogP contribution is 2.24. The van der Waals surface area contributed by atoms with Gasteiger partial charge in [-0.1, -0.05) is 6.07 Å². The van der Waals surface area contributed by atoms with Crippen LogP contribution in [0.15, 0.2) is 40.6 Å². The van der Waals surface area contributed by atoms with Gasteiger partial charge in [0.25, 0.3) is 0 Å². The van der Waals surface area contributed by atoms with Gasteiger partial charge in [-0.3, -0.25) is 0 Å². The molecule has 1 saturated heterocycles. The zero-order chi connectivity index (χ0) is 18.6. The van der Waals surface area contributed by atoms with Crippen LogP contribution in [0.2, 0.25) is 0 Å². The molecule has 1 aliphatic rings. The van der Waals surface area contributed by atoms with E-state index in [1.807, 2.05) is 6.07 Å². The minimum atomic E-state index is -3.53. The number of anilines is 1. The quantitative estimate of drug-likeness (QED) is 0.752. The molecule has 6 nitrogen and oxygen atoms in total. The Morgan fingerprint density at radius 1 is 1.31 bits per heavy atom. The number of nitrogens with one attached hydrogen (secondary N) is 1. The summed E-state index contributed by atoms with van der Waals surface area (Å²) in [5.74, 6) is 0. The number of aliphatic hydroxyl groups is 1. The molecule has 2 aromatic rings. The summed E-state index contributed by atoms with van der Waals surface area (Å²) in [7, 11) is -1.85. The maximum Gasteiger partial charge on any atom is 0.243 e. The second-order valence-electron chi connectivity index (χ2n) is 6.37. The molecule has 3 rings (SSSR count). The Morgan fingerprint density at radius 3 is 2.81 bits per heavy atom. The van der Waals surface area contributed by atoms with Gasteiger partial charge in [-0.2, -0.15) is 4.31 Å². The van der Waals surface area contributed by atoms with Crippen LogP contribution in [0.25, 0.3) is 0 Å². The molecule has 2 N–H and O–H groups in total. The number of thiophene rings is 1. The van der Waals surface area contributed by atoms with E-state index in [-0.39, 0.29) is 4.90 Å². The molecule has 142 valence electrons. The molecule has 0 aliphatic carbocycles. The van der Waals surface area contributed by atoms with Gasteiger partial charge in [0.15, 0.2) is 0 Å². The summed E-state index contributed by atoms with van der Waals surface area (Å²) in [5, 5.41) is 14.9. The van der Waals surface area contributed by atoms with E-state index in [1.165, 1.54) is 4.31 Å². The zero-order valence-corrected chi connectivity index (χ0v) is 16.4. The van der Waals surface area contributed by atoms with E-state index in [2.05, 4.69) is 16.8 Å². The Morgan fingerprint density at radius 2 is 2.08 bits per heavy atom. The Labute approximate surface area is 158 Å². The smallest absolute Gasteiger partial charge is 0.243 e. The van der Waals surface area contributed by atoms with Crippen LogP contribution in [0.3, 0.4) is 0 Å². The lowest BCUT2D eigenvalue weighted by molar-refractivity contribution is 0.113. The third kappa shape index (κ3) is 4.63. The number of rotatable bonds is 7. The molecule has 2 heterocycles. The van der Waals surface area contributed by atoms with Gasteiger partial charge in [0.2, 0.25) is 10.0 Å². The van der Waals surface area contributed by atoms with Crippen LogP contribution in [0.5, 0.6) is 0 Å². The Hall–Kier alpha value is -1.45. The standard InChI is InChI=1S/C18H24N2O4S2/c1-24-12-14-9-17(25-13-14)11-19-15-3-2-4-18(10-15)26(22,23)20-7-5-16(21)6-8-20/h2-4,9-10,13,16,19,21H,5-8,11-12H2,1H3. The van der Waals surface area contributed by atoms with Crippen molar-refractivity contribution in [2.45, 2.75) is 37.0 Å².